The fourth-order valence-corrected chi connectivity index (χ4v) is 3.90. The first-order valence-corrected chi connectivity index (χ1v) is 11.2. The van der Waals surface area contributed by atoms with E-state index >= 15 is 0 Å². The summed E-state index contributed by atoms with van der Waals surface area (Å²) in [5, 5.41) is 2.90. The highest BCUT2D eigenvalue weighted by molar-refractivity contribution is 5.94. The number of imidazole rings is 1. The highest BCUT2D eigenvalue weighted by Crippen LogP contribution is 2.21. The third-order valence-corrected chi connectivity index (χ3v) is 5.70. The number of hydrogen-bond acceptors (Lipinski definition) is 3. The number of halogens is 1. The Labute approximate surface area is 193 Å². The van der Waals surface area contributed by atoms with Gasteiger partial charge in [0.2, 0.25) is 0 Å². The summed E-state index contributed by atoms with van der Waals surface area (Å²) in [5.74, 6) is 1.41. The molecule has 0 bridgehead atoms. The maximum atomic E-state index is 13.0. The number of hydrogen-bond donors (Lipinski definition) is 1. The molecule has 0 saturated carbocycles. The third kappa shape index (κ3) is 5.77. The molecular formula is C27H28FN3O2. The molecule has 0 radical (unpaired) electrons. The van der Waals surface area contributed by atoms with Gasteiger partial charge in [0.05, 0.1) is 18.1 Å². The Kier molecular flexibility index (Phi) is 7.35. The molecule has 5 nitrogen and oxygen atoms in total. The van der Waals surface area contributed by atoms with Crippen LogP contribution in [0.5, 0.6) is 5.75 Å². The van der Waals surface area contributed by atoms with E-state index in [9.17, 15) is 9.18 Å². The average molecular weight is 446 g/mol. The molecule has 1 N–H and O–H groups in total. The molecule has 3 aromatic carbocycles. The largest absolute Gasteiger partial charge is 0.497 e. The van der Waals surface area contributed by atoms with Crippen LogP contribution in [0.2, 0.25) is 0 Å². The number of carbonyl (C=O) groups is 1. The van der Waals surface area contributed by atoms with Crippen molar-refractivity contribution in [3.63, 3.8) is 0 Å². The van der Waals surface area contributed by atoms with Crippen LogP contribution in [-0.2, 0) is 13.0 Å². The number of rotatable bonds is 10. The Balaban J connectivity index is 1.32. The van der Waals surface area contributed by atoms with Gasteiger partial charge >= 0.3 is 0 Å². The molecule has 0 aliphatic carbocycles. The van der Waals surface area contributed by atoms with E-state index in [4.69, 9.17) is 9.72 Å². The summed E-state index contributed by atoms with van der Waals surface area (Å²) in [7, 11) is 1.67. The zero-order chi connectivity index (χ0) is 23.0. The minimum Gasteiger partial charge on any atom is -0.497 e. The fourth-order valence-electron chi connectivity index (χ4n) is 3.90. The standard InChI is InChI=1S/C27H28FN3O2/c1-33-23-16-10-20(11-17-23)19-31-25-8-5-4-7-24(25)30-26(31)9-3-2-6-18-29-27(32)21-12-14-22(28)15-13-21/h4-5,7-8,10-17H,2-3,6,9,18-19H2,1H3,(H,29,32). The number of aryl methyl sites for hydroxylation is 1. The topological polar surface area (TPSA) is 56.1 Å². The second-order valence-corrected chi connectivity index (χ2v) is 8.02. The molecule has 1 amide bonds. The molecule has 0 fully saturated rings. The number of amides is 1. The molecule has 1 aromatic heterocycles. The van der Waals surface area contributed by atoms with E-state index in [1.807, 2.05) is 30.3 Å². The van der Waals surface area contributed by atoms with E-state index in [-0.39, 0.29) is 11.7 Å². The number of unbranched alkanes of at least 4 members (excludes halogenated alkanes) is 2. The lowest BCUT2D eigenvalue weighted by Crippen LogP contribution is -2.24. The first kappa shape index (κ1) is 22.5. The van der Waals surface area contributed by atoms with Crippen molar-refractivity contribution in [3.05, 3.63) is 95.6 Å². The lowest BCUT2D eigenvalue weighted by Gasteiger charge is -2.10. The van der Waals surface area contributed by atoms with Crippen molar-refractivity contribution in [2.75, 3.05) is 13.7 Å². The summed E-state index contributed by atoms with van der Waals surface area (Å²) < 4.78 is 20.5. The summed E-state index contributed by atoms with van der Waals surface area (Å²) in [6.07, 6.45) is 3.72. The van der Waals surface area contributed by atoms with Crippen LogP contribution in [0.1, 0.15) is 41.0 Å². The van der Waals surface area contributed by atoms with E-state index in [0.29, 0.717) is 12.1 Å². The van der Waals surface area contributed by atoms with Gasteiger partial charge in [0.1, 0.15) is 17.4 Å². The second-order valence-electron chi connectivity index (χ2n) is 8.02. The van der Waals surface area contributed by atoms with E-state index in [1.165, 1.54) is 29.8 Å². The van der Waals surface area contributed by atoms with Crippen molar-refractivity contribution in [1.82, 2.24) is 14.9 Å². The maximum Gasteiger partial charge on any atom is 0.251 e. The van der Waals surface area contributed by atoms with Gasteiger partial charge in [-0.05, 0) is 66.9 Å². The quantitative estimate of drug-likeness (QED) is 0.334. The van der Waals surface area contributed by atoms with E-state index in [1.54, 1.807) is 7.11 Å². The number of nitrogens with zero attached hydrogens (tertiary/aromatic N) is 2. The van der Waals surface area contributed by atoms with Crippen molar-refractivity contribution in [1.29, 1.82) is 0 Å². The average Bonchev–Trinajstić information content (AvgIpc) is 3.19. The molecule has 0 atom stereocenters. The number of aromatic nitrogens is 2. The minimum atomic E-state index is -0.343. The Morgan fingerprint density at radius 1 is 0.970 bits per heavy atom. The first-order chi connectivity index (χ1) is 16.1. The summed E-state index contributed by atoms with van der Waals surface area (Å²) in [4.78, 5) is 17.0. The van der Waals surface area contributed by atoms with Crippen LogP contribution in [0.25, 0.3) is 11.0 Å². The van der Waals surface area contributed by atoms with Crippen molar-refractivity contribution >= 4 is 16.9 Å². The van der Waals surface area contributed by atoms with Crippen LogP contribution in [0.15, 0.2) is 72.8 Å². The van der Waals surface area contributed by atoms with E-state index in [2.05, 4.69) is 28.1 Å². The summed E-state index contributed by atoms with van der Waals surface area (Å²) in [5.41, 5.74) is 3.81. The number of nitrogens with one attached hydrogen (secondary N) is 1. The van der Waals surface area contributed by atoms with Crippen LogP contribution in [-0.4, -0.2) is 29.1 Å². The van der Waals surface area contributed by atoms with E-state index in [0.717, 1.165) is 54.8 Å². The normalized spacial score (nSPS) is 11.0. The van der Waals surface area contributed by atoms with Gasteiger partial charge in [-0.15, -0.1) is 0 Å². The molecule has 4 aromatic rings. The Bertz CT molecular complexity index is 1200. The number of para-hydroxylation sites is 2. The molecule has 33 heavy (non-hydrogen) atoms. The van der Waals surface area contributed by atoms with Gasteiger partial charge in [0.15, 0.2) is 0 Å². The molecule has 4 rings (SSSR count). The van der Waals surface area contributed by atoms with Crippen molar-refractivity contribution in [2.24, 2.45) is 0 Å². The number of fused-ring (bicyclic) bond motifs is 1. The summed E-state index contributed by atoms with van der Waals surface area (Å²) in [6.45, 7) is 1.35. The minimum absolute atomic E-state index is 0.170. The first-order valence-electron chi connectivity index (χ1n) is 11.2. The van der Waals surface area contributed by atoms with E-state index < -0.39 is 0 Å². The molecule has 0 saturated heterocycles. The zero-order valence-electron chi connectivity index (χ0n) is 18.8. The molecule has 0 spiro atoms. The SMILES string of the molecule is COc1ccc(Cn2c(CCCCCNC(=O)c3ccc(F)cc3)nc3ccccc32)cc1. The summed E-state index contributed by atoms with van der Waals surface area (Å²) in [6, 6.07) is 21.9. The van der Waals surface area contributed by atoms with Crippen LogP contribution in [0, 0.1) is 5.82 Å². The second kappa shape index (κ2) is 10.8. The van der Waals surface area contributed by atoms with Crippen LogP contribution >= 0.6 is 0 Å². The third-order valence-electron chi connectivity index (χ3n) is 5.70. The lowest BCUT2D eigenvalue weighted by molar-refractivity contribution is 0.0953. The number of ether oxygens (including phenoxy) is 1. The Morgan fingerprint density at radius 2 is 1.73 bits per heavy atom. The Morgan fingerprint density at radius 3 is 2.48 bits per heavy atom. The van der Waals surface area contributed by atoms with Crippen molar-refractivity contribution < 1.29 is 13.9 Å². The number of benzene rings is 3. The number of methoxy groups -OCH3 is 1. The fraction of sp³-hybridized carbons (Fsp3) is 0.259. The van der Waals surface area contributed by atoms with Crippen LogP contribution in [0.4, 0.5) is 4.39 Å². The lowest BCUT2D eigenvalue weighted by atomic mass is 10.1. The molecule has 0 aliphatic heterocycles. The zero-order valence-corrected chi connectivity index (χ0v) is 18.8. The number of carbonyl (C=O) groups excluding carboxylic acids is 1. The summed E-state index contributed by atoms with van der Waals surface area (Å²) >= 11 is 0. The van der Waals surface area contributed by atoms with Crippen molar-refractivity contribution in [3.8, 4) is 5.75 Å². The van der Waals surface area contributed by atoms with Gasteiger partial charge < -0.3 is 14.6 Å². The molecule has 0 unspecified atom stereocenters. The molecular weight excluding hydrogens is 417 g/mol. The smallest absolute Gasteiger partial charge is 0.251 e. The van der Waals surface area contributed by atoms with Gasteiger partial charge in [-0.2, -0.15) is 0 Å². The van der Waals surface area contributed by atoms with Gasteiger partial charge in [-0.3, -0.25) is 4.79 Å². The van der Waals surface area contributed by atoms with Gasteiger partial charge in [0.25, 0.3) is 5.91 Å². The predicted octanol–water partition coefficient (Wildman–Crippen LogP) is 5.38. The van der Waals surface area contributed by atoms with Gasteiger partial charge in [-0.1, -0.05) is 30.7 Å². The highest BCUT2D eigenvalue weighted by atomic mass is 19.1. The van der Waals surface area contributed by atoms with Crippen LogP contribution in [0.3, 0.4) is 0 Å². The molecule has 6 heteroatoms. The van der Waals surface area contributed by atoms with Gasteiger partial charge in [-0.25, -0.2) is 9.37 Å². The Hall–Kier alpha value is -3.67. The maximum absolute atomic E-state index is 13.0. The molecule has 170 valence electrons. The monoisotopic (exact) mass is 445 g/mol. The predicted molar refractivity (Wildman–Crippen MR) is 128 cm³/mol. The molecule has 1 heterocycles. The van der Waals surface area contributed by atoms with Gasteiger partial charge in [0, 0.05) is 25.1 Å². The highest BCUT2D eigenvalue weighted by Gasteiger charge is 2.11. The van der Waals surface area contributed by atoms with Crippen LogP contribution < -0.4 is 10.1 Å². The van der Waals surface area contributed by atoms with Crippen molar-refractivity contribution in [2.45, 2.75) is 32.2 Å². The molecule has 0 aliphatic rings.